The van der Waals surface area contributed by atoms with Gasteiger partial charge in [-0.2, -0.15) is 0 Å². The van der Waals surface area contributed by atoms with Gasteiger partial charge in [-0.3, -0.25) is 10.1 Å². The van der Waals surface area contributed by atoms with Crippen molar-refractivity contribution in [2.24, 2.45) is 0 Å². The fourth-order valence-corrected chi connectivity index (χ4v) is 1.75. The minimum absolute atomic E-state index is 0.237. The zero-order chi connectivity index (χ0) is 13.5. The third kappa shape index (κ3) is 3.99. The lowest BCUT2D eigenvalue weighted by Gasteiger charge is -2.06. The third-order valence-electron chi connectivity index (χ3n) is 2.40. The molecule has 0 unspecified atom stereocenters. The summed E-state index contributed by atoms with van der Waals surface area (Å²) >= 11 is 1.03. The molecule has 0 radical (unpaired) electrons. The summed E-state index contributed by atoms with van der Waals surface area (Å²) < 4.78 is 9.10. The molecule has 6 nitrogen and oxygen atoms in total. The maximum atomic E-state index is 11.8. The molecule has 0 bridgehead atoms. The molecule has 1 N–H and O–H groups in total. The highest BCUT2D eigenvalue weighted by Crippen LogP contribution is 2.14. The Labute approximate surface area is 115 Å². The molecule has 1 aromatic heterocycles. The molecule has 1 heterocycles. The van der Waals surface area contributed by atoms with Crippen LogP contribution in [-0.2, 0) is 0 Å². The van der Waals surface area contributed by atoms with Gasteiger partial charge in [0.1, 0.15) is 5.75 Å². The van der Waals surface area contributed by atoms with Crippen molar-refractivity contribution in [2.75, 3.05) is 11.9 Å². The van der Waals surface area contributed by atoms with E-state index in [9.17, 15) is 4.79 Å². The van der Waals surface area contributed by atoms with Crippen LogP contribution in [0.25, 0.3) is 0 Å². The standard InChI is InChI=1S/C12H14N4O2S/c1-2-3-8-18-10-6-4-9(5-7-10)11(17)13-12-14-15-16-19-12/h4-7H,2-3,8H2,1H3,(H,13,14,16,17). The van der Waals surface area contributed by atoms with Gasteiger partial charge in [-0.15, -0.1) is 0 Å². The van der Waals surface area contributed by atoms with Crippen LogP contribution >= 0.6 is 11.5 Å². The maximum absolute atomic E-state index is 11.8. The summed E-state index contributed by atoms with van der Waals surface area (Å²) in [5.74, 6) is 0.529. The summed E-state index contributed by atoms with van der Waals surface area (Å²) in [4.78, 5) is 11.8. The van der Waals surface area contributed by atoms with Crippen molar-refractivity contribution in [3.05, 3.63) is 29.8 Å². The molecule has 2 rings (SSSR count). The Morgan fingerprint density at radius 2 is 2.16 bits per heavy atom. The Balaban J connectivity index is 1.92. The molecule has 0 spiro atoms. The van der Waals surface area contributed by atoms with Crippen LogP contribution in [-0.4, -0.2) is 27.3 Å². The van der Waals surface area contributed by atoms with Crippen LogP contribution in [0, 0.1) is 0 Å². The van der Waals surface area contributed by atoms with Gasteiger partial charge in [-0.05, 0) is 35.9 Å². The predicted octanol–water partition coefficient (Wildman–Crippen LogP) is 2.36. The van der Waals surface area contributed by atoms with Gasteiger partial charge in [-0.1, -0.05) is 22.9 Å². The molecule has 0 aliphatic heterocycles. The third-order valence-corrected chi connectivity index (χ3v) is 2.91. The topological polar surface area (TPSA) is 77.0 Å². The number of benzene rings is 1. The van der Waals surface area contributed by atoms with E-state index in [-0.39, 0.29) is 5.91 Å². The molecule has 0 fully saturated rings. The molecule has 0 saturated carbocycles. The van der Waals surface area contributed by atoms with E-state index in [1.54, 1.807) is 24.3 Å². The lowest BCUT2D eigenvalue weighted by Crippen LogP contribution is -2.11. The Morgan fingerprint density at radius 3 is 2.79 bits per heavy atom. The van der Waals surface area contributed by atoms with Crippen molar-refractivity contribution in [3.63, 3.8) is 0 Å². The van der Waals surface area contributed by atoms with E-state index in [1.165, 1.54) is 0 Å². The zero-order valence-electron chi connectivity index (χ0n) is 10.5. The van der Waals surface area contributed by atoms with E-state index < -0.39 is 0 Å². The van der Waals surface area contributed by atoms with Crippen molar-refractivity contribution in [1.82, 2.24) is 14.8 Å². The number of hydrogen-bond acceptors (Lipinski definition) is 6. The summed E-state index contributed by atoms with van der Waals surface area (Å²) in [6.07, 6.45) is 2.11. The van der Waals surface area contributed by atoms with Crippen LogP contribution in [0.1, 0.15) is 30.1 Å². The van der Waals surface area contributed by atoms with E-state index in [4.69, 9.17) is 4.74 Å². The first-order valence-corrected chi connectivity index (χ1v) is 6.76. The minimum atomic E-state index is -0.237. The van der Waals surface area contributed by atoms with Crippen molar-refractivity contribution in [3.8, 4) is 5.75 Å². The number of rotatable bonds is 6. The van der Waals surface area contributed by atoms with Crippen LogP contribution < -0.4 is 10.1 Å². The minimum Gasteiger partial charge on any atom is -0.494 e. The first-order valence-electron chi connectivity index (χ1n) is 5.99. The second kappa shape index (κ2) is 6.79. The van der Waals surface area contributed by atoms with Gasteiger partial charge in [0.25, 0.3) is 5.91 Å². The zero-order valence-corrected chi connectivity index (χ0v) is 11.3. The first kappa shape index (κ1) is 13.4. The summed E-state index contributed by atoms with van der Waals surface area (Å²) in [5, 5.41) is 10.1. The molecule has 0 aliphatic carbocycles. The lowest BCUT2D eigenvalue weighted by molar-refractivity contribution is 0.102. The molecule has 0 saturated heterocycles. The SMILES string of the molecule is CCCCOc1ccc(C(=O)Nc2nnns2)cc1. The number of unbranched alkanes of at least 4 members (excludes halogenated alkanes) is 1. The lowest BCUT2D eigenvalue weighted by atomic mass is 10.2. The van der Waals surface area contributed by atoms with Gasteiger partial charge in [0.2, 0.25) is 5.13 Å². The van der Waals surface area contributed by atoms with Crippen molar-refractivity contribution < 1.29 is 9.53 Å². The van der Waals surface area contributed by atoms with Gasteiger partial charge >= 0.3 is 0 Å². The summed E-state index contributed by atoms with van der Waals surface area (Å²) in [6, 6.07) is 6.99. The van der Waals surface area contributed by atoms with Crippen molar-refractivity contribution >= 4 is 22.6 Å². The normalized spacial score (nSPS) is 10.2. The van der Waals surface area contributed by atoms with Crippen LogP contribution in [0.4, 0.5) is 5.13 Å². The Morgan fingerprint density at radius 1 is 1.37 bits per heavy atom. The smallest absolute Gasteiger partial charge is 0.257 e. The molecule has 1 amide bonds. The quantitative estimate of drug-likeness (QED) is 0.821. The molecular formula is C12H14N4O2S. The largest absolute Gasteiger partial charge is 0.494 e. The summed E-state index contributed by atoms with van der Waals surface area (Å²) in [6.45, 7) is 2.80. The average Bonchev–Trinajstić information content (AvgIpc) is 2.93. The fourth-order valence-electron chi connectivity index (χ4n) is 1.39. The van der Waals surface area contributed by atoms with E-state index >= 15 is 0 Å². The Bertz CT molecular complexity index is 513. The number of amides is 1. The predicted molar refractivity (Wildman–Crippen MR) is 72.5 cm³/mol. The number of carbonyl (C=O) groups is 1. The van der Waals surface area contributed by atoms with Gasteiger partial charge in [0.15, 0.2) is 0 Å². The maximum Gasteiger partial charge on any atom is 0.257 e. The summed E-state index contributed by atoms with van der Waals surface area (Å²) in [7, 11) is 0. The fraction of sp³-hybridized carbons (Fsp3) is 0.333. The number of nitrogens with one attached hydrogen (secondary N) is 1. The number of carbonyl (C=O) groups excluding carboxylic acids is 1. The number of aromatic nitrogens is 3. The van der Waals surface area contributed by atoms with Crippen LogP contribution in [0.5, 0.6) is 5.75 Å². The van der Waals surface area contributed by atoms with Crippen LogP contribution in [0.2, 0.25) is 0 Å². The molecule has 7 heteroatoms. The monoisotopic (exact) mass is 278 g/mol. The highest BCUT2D eigenvalue weighted by Gasteiger charge is 2.08. The van der Waals surface area contributed by atoms with E-state index in [1.807, 2.05) is 0 Å². The number of anilines is 1. The Kier molecular flexibility index (Phi) is 4.79. The second-order valence-corrected chi connectivity index (χ2v) is 4.58. The van der Waals surface area contributed by atoms with E-state index in [0.717, 1.165) is 30.1 Å². The molecule has 0 atom stereocenters. The number of nitrogens with zero attached hydrogens (tertiary/aromatic N) is 3. The molecule has 1 aromatic carbocycles. The highest BCUT2D eigenvalue weighted by molar-refractivity contribution is 7.09. The van der Waals surface area contributed by atoms with E-state index in [2.05, 4.69) is 27.0 Å². The van der Waals surface area contributed by atoms with Crippen molar-refractivity contribution in [1.29, 1.82) is 0 Å². The van der Waals surface area contributed by atoms with Crippen LogP contribution in [0.3, 0.4) is 0 Å². The van der Waals surface area contributed by atoms with Gasteiger partial charge < -0.3 is 4.74 Å². The van der Waals surface area contributed by atoms with Crippen LogP contribution in [0.15, 0.2) is 24.3 Å². The van der Waals surface area contributed by atoms with Crippen molar-refractivity contribution in [2.45, 2.75) is 19.8 Å². The molecule has 0 aliphatic rings. The molecule has 19 heavy (non-hydrogen) atoms. The van der Waals surface area contributed by atoms with Gasteiger partial charge in [0, 0.05) is 17.1 Å². The molecular weight excluding hydrogens is 264 g/mol. The van der Waals surface area contributed by atoms with Gasteiger partial charge in [0.05, 0.1) is 6.61 Å². The number of hydrogen-bond donors (Lipinski definition) is 1. The second-order valence-electron chi connectivity index (χ2n) is 3.85. The summed E-state index contributed by atoms with van der Waals surface area (Å²) in [5.41, 5.74) is 0.540. The highest BCUT2D eigenvalue weighted by atomic mass is 32.1. The Hall–Kier alpha value is -2.02. The number of ether oxygens (including phenoxy) is 1. The average molecular weight is 278 g/mol. The van der Waals surface area contributed by atoms with Gasteiger partial charge in [-0.25, -0.2) is 0 Å². The molecule has 2 aromatic rings. The first-order chi connectivity index (χ1) is 9.29. The molecule has 100 valence electrons. The van der Waals surface area contributed by atoms with E-state index in [0.29, 0.717) is 17.3 Å².